The summed E-state index contributed by atoms with van der Waals surface area (Å²) in [6, 6.07) is 5.77. The van der Waals surface area contributed by atoms with Crippen LogP contribution in [0, 0.1) is 5.82 Å². The molecule has 1 N–H and O–H groups in total. The summed E-state index contributed by atoms with van der Waals surface area (Å²) in [7, 11) is 0. The van der Waals surface area contributed by atoms with E-state index in [4.69, 9.17) is 11.6 Å². The van der Waals surface area contributed by atoms with E-state index in [2.05, 4.69) is 12.2 Å². The molecule has 0 bridgehead atoms. The van der Waals surface area contributed by atoms with Gasteiger partial charge in [0.15, 0.2) is 5.82 Å². The van der Waals surface area contributed by atoms with Gasteiger partial charge in [-0.25, -0.2) is 4.39 Å². The van der Waals surface area contributed by atoms with Crippen molar-refractivity contribution in [2.24, 2.45) is 0 Å². The lowest BCUT2D eigenvalue weighted by Gasteiger charge is -2.24. The summed E-state index contributed by atoms with van der Waals surface area (Å²) in [5.41, 5.74) is 1.76. The van der Waals surface area contributed by atoms with Gasteiger partial charge >= 0.3 is 0 Å². The maximum absolute atomic E-state index is 14.0. The summed E-state index contributed by atoms with van der Waals surface area (Å²) < 4.78 is 16.1. The number of aromatic nitrogens is 1. The van der Waals surface area contributed by atoms with E-state index in [1.165, 1.54) is 0 Å². The molecular formula is C12H12ClFN2. The first-order valence-electron chi connectivity index (χ1n) is 5.37. The lowest BCUT2D eigenvalue weighted by Crippen LogP contribution is -2.31. The summed E-state index contributed by atoms with van der Waals surface area (Å²) in [6.45, 7) is 3.73. The SMILES string of the molecule is CC1CNCc2cc3ccc(Cl)c(F)c3n21. The van der Waals surface area contributed by atoms with Gasteiger partial charge in [-0.05, 0) is 19.1 Å². The minimum absolute atomic E-state index is 0.194. The maximum atomic E-state index is 14.0. The molecule has 2 nitrogen and oxygen atoms in total. The zero-order valence-corrected chi connectivity index (χ0v) is 9.68. The Morgan fingerprint density at radius 2 is 2.31 bits per heavy atom. The largest absolute Gasteiger partial charge is 0.337 e. The lowest BCUT2D eigenvalue weighted by molar-refractivity contribution is 0.435. The second kappa shape index (κ2) is 3.47. The molecule has 1 aliphatic heterocycles. The molecule has 1 aromatic carbocycles. The smallest absolute Gasteiger partial charge is 0.166 e. The second-order valence-electron chi connectivity index (χ2n) is 4.28. The van der Waals surface area contributed by atoms with E-state index in [0.717, 1.165) is 24.2 Å². The van der Waals surface area contributed by atoms with Gasteiger partial charge < -0.3 is 9.88 Å². The fraction of sp³-hybridized carbons (Fsp3) is 0.333. The topological polar surface area (TPSA) is 17.0 Å². The van der Waals surface area contributed by atoms with Crippen molar-refractivity contribution >= 4 is 22.5 Å². The van der Waals surface area contributed by atoms with Crippen molar-refractivity contribution in [3.63, 3.8) is 0 Å². The number of fused-ring (bicyclic) bond motifs is 3. The summed E-state index contributed by atoms with van der Waals surface area (Å²) in [6.07, 6.45) is 0. The van der Waals surface area contributed by atoms with Crippen molar-refractivity contribution in [3.8, 4) is 0 Å². The van der Waals surface area contributed by atoms with Crippen LogP contribution >= 0.6 is 11.6 Å². The van der Waals surface area contributed by atoms with Gasteiger partial charge in [-0.1, -0.05) is 17.7 Å². The Bertz CT molecular complexity index is 562. The van der Waals surface area contributed by atoms with Crippen molar-refractivity contribution in [2.75, 3.05) is 6.54 Å². The van der Waals surface area contributed by atoms with Gasteiger partial charge in [-0.2, -0.15) is 0 Å². The number of nitrogens with zero attached hydrogens (tertiary/aromatic N) is 1. The number of benzene rings is 1. The molecule has 3 rings (SSSR count). The van der Waals surface area contributed by atoms with E-state index in [1.807, 2.05) is 16.7 Å². The van der Waals surface area contributed by atoms with Crippen LogP contribution in [-0.4, -0.2) is 11.1 Å². The molecule has 0 amide bonds. The first kappa shape index (κ1) is 10.1. The Morgan fingerprint density at radius 1 is 1.50 bits per heavy atom. The summed E-state index contributed by atoms with van der Waals surface area (Å²) >= 11 is 5.83. The molecule has 0 spiro atoms. The fourth-order valence-electron chi connectivity index (χ4n) is 2.45. The van der Waals surface area contributed by atoms with Gasteiger partial charge in [0.05, 0.1) is 10.5 Å². The molecule has 0 radical (unpaired) electrons. The molecule has 0 aliphatic carbocycles. The Balaban J connectivity index is 2.40. The van der Waals surface area contributed by atoms with E-state index in [-0.39, 0.29) is 16.9 Å². The molecule has 2 heterocycles. The normalized spacial score (nSPS) is 20.1. The highest BCUT2D eigenvalue weighted by Gasteiger charge is 2.21. The predicted octanol–water partition coefficient (Wildman–Crippen LogP) is 3.10. The number of halogens is 2. The number of hydrogen-bond acceptors (Lipinski definition) is 1. The summed E-state index contributed by atoms with van der Waals surface area (Å²) in [4.78, 5) is 0. The number of rotatable bonds is 0. The van der Waals surface area contributed by atoms with Crippen molar-refractivity contribution in [1.82, 2.24) is 9.88 Å². The third kappa shape index (κ3) is 1.28. The highest BCUT2D eigenvalue weighted by atomic mass is 35.5. The van der Waals surface area contributed by atoms with Gasteiger partial charge in [0.2, 0.25) is 0 Å². The molecule has 4 heteroatoms. The zero-order chi connectivity index (χ0) is 11.3. The van der Waals surface area contributed by atoms with Crippen LogP contribution in [0.25, 0.3) is 10.9 Å². The van der Waals surface area contributed by atoms with Crippen LogP contribution in [0.1, 0.15) is 18.7 Å². The van der Waals surface area contributed by atoms with Crippen LogP contribution < -0.4 is 5.32 Å². The predicted molar refractivity (Wildman–Crippen MR) is 63.3 cm³/mol. The molecule has 0 saturated heterocycles. The number of hydrogen-bond donors (Lipinski definition) is 1. The standard InChI is InChI=1S/C12H12ClFN2/c1-7-5-15-6-9-4-8-2-3-10(13)11(14)12(8)16(7)9/h2-4,7,15H,5-6H2,1H3. The van der Waals surface area contributed by atoms with Gasteiger partial charge in [0.25, 0.3) is 0 Å². The van der Waals surface area contributed by atoms with E-state index >= 15 is 0 Å². The van der Waals surface area contributed by atoms with Crippen LogP contribution in [0.2, 0.25) is 5.02 Å². The van der Waals surface area contributed by atoms with E-state index in [1.54, 1.807) is 6.07 Å². The van der Waals surface area contributed by atoms with E-state index in [0.29, 0.717) is 5.52 Å². The molecule has 84 valence electrons. The molecule has 0 saturated carbocycles. The fourth-order valence-corrected chi connectivity index (χ4v) is 2.60. The monoisotopic (exact) mass is 238 g/mol. The van der Waals surface area contributed by atoms with E-state index < -0.39 is 0 Å². The molecule has 1 aromatic heterocycles. The van der Waals surface area contributed by atoms with Gasteiger partial charge in [0, 0.05) is 30.2 Å². The highest BCUT2D eigenvalue weighted by molar-refractivity contribution is 6.31. The van der Waals surface area contributed by atoms with Crippen LogP contribution in [-0.2, 0) is 6.54 Å². The summed E-state index contributed by atoms with van der Waals surface area (Å²) in [5.74, 6) is -0.306. The minimum Gasteiger partial charge on any atom is -0.337 e. The average molecular weight is 239 g/mol. The Kier molecular flexibility index (Phi) is 2.19. The lowest BCUT2D eigenvalue weighted by atomic mass is 10.2. The van der Waals surface area contributed by atoms with Crippen LogP contribution in [0.15, 0.2) is 18.2 Å². The number of nitrogens with one attached hydrogen (secondary N) is 1. The molecule has 1 aliphatic rings. The quantitative estimate of drug-likeness (QED) is 0.746. The minimum atomic E-state index is -0.306. The Hall–Kier alpha value is -1.06. The first-order valence-corrected chi connectivity index (χ1v) is 5.75. The van der Waals surface area contributed by atoms with Gasteiger partial charge in [-0.15, -0.1) is 0 Å². The zero-order valence-electron chi connectivity index (χ0n) is 8.93. The van der Waals surface area contributed by atoms with E-state index in [9.17, 15) is 4.39 Å². The molecule has 1 atom stereocenters. The maximum Gasteiger partial charge on any atom is 0.166 e. The van der Waals surface area contributed by atoms with Crippen molar-refractivity contribution in [3.05, 3.63) is 34.7 Å². The van der Waals surface area contributed by atoms with Crippen LogP contribution in [0.4, 0.5) is 4.39 Å². The van der Waals surface area contributed by atoms with Gasteiger partial charge in [0.1, 0.15) is 0 Å². The highest BCUT2D eigenvalue weighted by Crippen LogP contribution is 2.31. The molecule has 1 unspecified atom stereocenters. The Labute approximate surface area is 98.0 Å². The Morgan fingerprint density at radius 3 is 3.12 bits per heavy atom. The van der Waals surface area contributed by atoms with Crippen molar-refractivity contribution in [1.29, 1.82) is 0 Å². The second-order valence-corrected chi connectivity index (χ2v) is 4.69. The molecule has 16 heavy (non-hydrogen) atoms. The summed E-state index contributed by atoms with van der Waals surface area (Å²) in [5, 5.41) is 4.43. The van der Waals surface area contributed by atoms with Crippen molar-refractivity contribution < 1.29 is 4.39 Å². The first-order chi connectivity index (χ1) is 7.68. The molecular weight excluding hydrogens is 227 g/mol. The molecule has 0 fully saturated rings. The van der Waals surface area contributed by atoms with Crippen LogP contribution in [0.5, 0.6) is 0 Å². The van der Waals surface area contributed by atoms with Gasteiger partial charge in [-0.3, -0.25) is 0 Å². The van der Waals surface area contributed by atoms with Crippen molar-refractivity contribution in [2.45, 2.75) is 19.5 Å². The molecule has 2 aromatic rings. The van der Waals surface area contributed by atoms with Crippen LogP contribution in [0.3, 0.4) is 0 Å². The third-order valence-corrected chi connectivity index (χ3v) is 3.45. The average Bonchev–Trinajstić information content (AvgIpc) is 2.64. The third-order valence-electron chi connectivity index (χ3n) is 3.16.